The quantitative estimate of drug-likeness (QED) is 0.212. The second-order valence-corrected chi connectivity index (χ2v) is 6.62. The minimum atomic E-state index is -0.0900. The number of carbonyl (C=O) groups is 1. The van der Waals surface area contributed by atoms with Crippen LogP contribution in [0.3, 0.4) is 0 Å². The fourth-order valence-corrected chi connectivity index (χ4v) is 3.04. The van der Waals surface area contributed by atoms with Gasteiger partial charge in [0, 0.05) is 11.1 Å². The minimum absolute atomic E-state index is 0.0900. The molecule has 29 heavy (non-hydrogen) atoms. The molecule has 1 aromatic heterocycles. The number of aromatic hydroxyl groups is 1. The number of ketones is 1. The molecule has 10 heteroatoms. The minimum Gasteiger partial charge on any atom is -0.507 e. The monoisotopic (exact) mass is 413 g/mol. The van der Waals surface area contributed by atoms with Gasteiger partial charge in [0.25, 0.3) is 0 Å². The van der Waals surface area contributed by atoms with E-state index in [0.717, 1.165) is 0 Å². The lowest BCUT2D eigenvalue weighted by Gasteiger charge is -2.08. The van der Waals surface area contributed by atoms with Crippen molar-refractivity contribution < 1.29 is 19.4 Å². The van der Waals surface area contributed by atoms with Crippen molar-refractivity contribution in [2.24, 2.45) is 5.10 Å². The topological polar surface area (TPSA) is 122 Å². The van der Waals surface area contributed by atoms with E-state index in [1.54, 1.807) is 42.5 Å². The fourth-order valence-electron chi connectivity index (χ4n) is 2.34. The van der Waals surface area contributed by atoms with Gasteiger partial charge in [-0.05, 0) is 30.3 Å². The second-order valence-electron chi connectivity index (χ2n) is 5.68. The van der Waals surface area contributed by atoms with Crippen molar-refractivity contribution in [3.63, 3.8) is 0 Å². The van der Waals surface area contributed by atoms with Crippen molar-refractivity contribution in [1.29, 1.82) is 0 Å². The number of Topliss-reactive ketones (excluding diaryl/α,β-unsaturated/α-hetero) is 1. The van der Waals surface area contributed by atoms with E-state index in [1.165, 1.54) is 32.2 Å². The first-order chi connectivity index (χ1) is 14.1. The van der Waals surface area contributed by atoms with Crippen molar-refractivity contribution in [1.82, 2.24) is 15.2 Å². The van der Waals surface area contributed by atoms with Crippen LogP contribution < -0.4 is 14.9 Å². The number of methoxy groups -OCH3 is 2. The predicted molar refractivity (Wildman–Crippen MR) is 110 cm³/mol. The highest BCUT2D eigenvalue weighted by Gasteiger charge is 2.13. The van der Waals surface area contributed by atoms with Crippen LogP contribution in [0.5, 0.6) is 17.2 Å². The number of para-hydroxylation sites is 1. The standard InChI is InChI=1S/C19H19N5O4S/c1-27-16-8-7-12(9-17(16)28-2)15(26)11-29-19-21-18(23-24-19)22-20-10-13-5-3-4-6-14(13)25/h3-10,25H,11H2,1-2H3,(H2,21,22,23,24)/b20-10+. The first-order valence-electron chi connectivity index (χ1n) is 8.48. The van der Waals surface area contributed by atoms with Gasteiger partial charge in [0.1, 0.15) is 5.75 Å². The summed E-state index contributed by atoms with van der Waals surface area (Å²) in [6.45, 7) is 0. The molecule has 3 N–H and O–H groups in total. The number of H-pyrrole nitrogens is 1. The molecule has 0 spiro atoms. The number of nitrogens with zero attached hydrogens (tertiary/aromatic N) is 3. The summed E-state index contributed by atoms with van der Waals surface area (Å²) < 4.78 is 10.4. The van der Waals surface area contributed by atoms with Crippen LogP contribution in [0.25, 0.3) is 0 Å². The molecule has 9 nitrogen and oxygen atoms in total. The smallest absolute Gasteiger partial charge is 0.240 e. The number of phenols is 1. The molecule has 0 saturated heterocycles. The van der Waals surface area contributed by atoms with Gasteiger partial charge in [-0.15, -0.1) is 5.10 Å². The number of hydrazone groups is 1. The van der Waals surface area contributed by atoms with E-state index in [4.69, 9.17) is 9.47 Å². The number of anilines is 1. The lowest BCUT2D eigenvalue weighted by atomic mass is 10.1. The van der Waals surface area contributed by atoms with Gasteiger partial charge in [0.15, 0.2) is 17.3 Å². The number of hydrogen-bond acceptors (Lipinski definition) is 9. The maximum Gasteiger partial charge on any atom is 0.240 e. The number of nitrogens with one attached hydrogen (secondary N) is 2. The SMILES string of the molecule is COc1ccc(C(=O)CSc2n[nH]c(N/N=C/c3ccccc3O)n2)cc1OC. The van der Waals surface area contributed by atoms with Crippen LogP contribution in [0.15, 0.2) is 52.7 Å². The van der Waals surface area contributed by atoms with Crippen LogP contribution >= 0.6 is 11.8 Å². The summed E-state index contributed by atoms with van der Waals surface area (Å²) in [6.07, 6.45) is 1.46. The molecular weight excluding hydrogens is 394 g/mol. The Bertz CT molecular complexity index is 1020. The number of ether oxygens (including phenoxy) is 2. The lowest BCUT2D eigenvalue weighted by Crippen LogP contribution is -2.03. The summed E-state index contributed by atoms with van der Waals surface area (Å²) in [7, 11) is 3.06. The van der Waals surface area contributed by atoms with Crippen LogP contribution in [0.2, 0.25) is 0 Å². The number of hydrogen-bond donors (Lipinski definition) is 3. The molecule has 0 aliphatic rings. The number of benzene rings is 2. The van der Waals surface area contributed by atoms with Crippen LogP contribution in [0.1, 0.15) is 15.9 Å². The Labute approximate surface area is 171 Å². The molecule has 0 amide bonds. The van der Waals surface area contributed by atoms with E-state index in [9.17, 15) is 9.90 Å². The van der Waals surface area contributed by atoms with Crippen molar-refractivity contribution in [3.8, 4) is 17.2 Å². The molecule has 0 fully saturated rings. The van der Waals surface area contributed by atoms with E-state index in [1.807, 2.05) is 0 Å². The molecule has 0 unspecified atom stereocenters. The average molecular weight is 413 g/mol. The highest BCUT2D eigenvalue weighted by molar-refractivity contribution is 7.99. The van der Waals surface area contributed by atoms with Gasteiger partial charge >= 0.3 is 0 Å². The molecule has 150 valence electrons. The number of thioether (sulfide) groups is 1. The number of phenolic OH excluding ortho intramolecular Hbond substituents is 1. The Morgan fingerprint density at radius 1 is 1.24 bits per heavy atom. The maximum atomic E-state index is 12.4. The summed E-state index contributed by atoms with van der Waals surface area (Å²) >= 11 is 1.19. The van der Waals surface area contributed by atoms with E-state index in [2.05, 4.69) is 25.7 Å². The molecule has 2 aromatic carbocycles. The van der Waals surface area contributed by atoms with Gasteiger partial charge in [0.2, 0.25) is 11.1 Å². The number of aromatic amines is 1. The van der Waals surface area contributed by atoms with Gasteiger partial charge in [-0.25, -0.2) is 10.5 Å². The first-order valence-corrected chi connectivity index (χ1v) is 9.46. The lowest BCUT2D eigenvalue weighted by molar-refractivity contribution is 0.102. The fraction of sp³-hybridized carbons (Fsp3) is 0.158. The zero-order chi connectivity index (χ0) is 20.6. The Balaban J connectivity index is 1.55. The first kappa shape index (κ1) is 20.2. The molecule has 0 aliphatic heterocycles. The van der Waals surface area contributed by atoms with Crippen molar-refractivity contribution >= 4 is 29.7 Å². The molecule has 0 atom stereocenters. The molecular formula is C19H19N5O4S. The van der Waals surface area contributed by atoms with Gasteiger partial charge in [-0.2, -0.15) is 10.1 Å². The highest BCUT2D eigenvalue weighted by Crippen LogP contribution is 2.28. The zero-order valence-electron chi connectivity index (χ0n) is 15.7. The zero-order valence-corrected chi connectivity index (χ0v) is 16.6. The summed E-state index contributed by atoms with van der Waals surface area (Å²) in [5.41, 5.74) is 3.76. The van der Waals surface area contributed by atoms with Crippen molar-refractivity contribution in [2.45, 2.75) is 5.16 Å². The van der Waals surface area contributed by atoms with Gasteiger partial charge in [-0.3, -0.25) is 4.79 Å². The molecule has 0 bridgehead atoms. The third-order valence-corrected chi connectivity index (χ3v) is 4.66. The Hall–Kier alpha value is -3.53. The summed E-state index contributed by atoms with van der Waals surface area (Å²) in [6, 6.07) is 11.8. The number of aromatic nitrogens is 3. The maximum absolute atomic E-state index is 12.4. The predicted octanol–water partition coefficient (Wildman–Crippen LogP) is 2.95. The third-order valence-electron chi connectivity index (χ3n) is 3.81. The Kier molecular flexibility index (Phi) is 6.69. The van der Waals surface area contributed by atoms with E-state index in [-0.39, 0.29) is 17.3 Å². The van der Waals surface area contributed by atoms with Crippen molar-refractivity contribution in [3.05, 3.63) is 53.6 Å². The third kappa shape index (κ3) is 5.26. The molecule has 0 aliphatic carbocycles. The van der Waals surface area contributed by atoms with E-state index >= 15 is 0 Å². The molecule has 3 aromatic rings. The van der Waals surface area contributed by atoms with Crippen LogP contribution in [-0.2, 0) is 0 Å². The van der Waals surface area contributed by atoms with Gasteiger partial charge in [-0.1, -0.05) is 23.9 Å². The average Bonchev–Trinajstić information content (AvgIpc) is 3.20. The van der Waals surface area contributed by atoms with Gasteiger partial charge < -0.3 is 14.6 Å². The van der Waals surface area contributed by atoms with Crippen LogP contribution in [0.4, 0.5) is 5.95 Å². The van der Waals surface area contributed by atoms with Crippen LogP contribution in [0, 0.1) is 0 Å². The summed E-state index contributed by atoms with van der Waals surface area (Å²) in [4.78, 5) is 16.6. The Morgan fingerprint density at radius 3 is 2.79 bits per heavy atom. The largest absolute Gasteiger partial charge is 0.507 e. The molecule has 1 heterocycles. The van der Waals surface area contributed by atoms with E-state index in [0.29, 0.717) is 33.7 Å². The van der Waals surface area contributed by atoms with Crippen molar-refractivity contribution in [2.75, 3.05) is 25.4 Å². The summed E-state index contributed by atoms with van der Waals surface area (Å²) in [5.74, 6) is 1.57. The number of carbonyl (C=O) groups excluding carboxylic acids is 1. The number of rotatable bonds is 9. The normalized spacial score (nSPS) is 10.8. The molecule has 0 radical (unpaired) electrons. The molecule has 3 rings (SSSR count). The highest BCUT2D eigenvalue weighted by atomic mass is 32.2. The summed E-state index contributed by atoms with van der Waals surface area (Å²) in [5, 5.41) is 20.8. The molecule has 0 saturated carbocycles. The van der Waals surface area contributed by atoms with E-state index < -0.39 is 0 Å². The van der Waals surface area contributed by atoms with Gasteiger partial charge in [0.05, 0.1) is 26.2 Å². The Morgan fingerprint density at radius 2 is 2.03 bits per heavy atom. The van der Waals surface area contributed by atoms with Crippen LogP contribution in [-0.4, -0.2) is 52.3 Å². The second kappa shape index (κ2) is 9.60.